The zero-order valence-corrected chi connectivity index (χ0v) is 19.9. The van der Waals surface area contributed by atoms with Gasteiger partial charge in [-0.2, -0.15) is 9.29 Å². The van der Waals surface area contributed by atoms with E-state index in [-0.39, 0.29) is 17.3 Å². The first-order valence-corrected chi connectivity index (χ1v) is 11.3. The van der Waals surface area contributed by atoms with E-state index in [1.807, 2.05) is 4.90 Å². The molecule has 0 amide bonds. The minimum Gasteiger partial charge on any atom is -0.493 e. The molecule has 0 saturated carbocycles. The van der Waals surface area contributed by atoms with Crippen LogP contribution in [0.15, 0.2) is 41.3 Å². The lowest BCUT2D eigenvalue weighted by atomic mass is 10.2. The molecule has 1 aliphatic heterocycles. The smallest absolute Gasteiger partial charge is 0.243 e. The molecule has 0 radical (unpaired) electrons. The summed E-state index contributed by atoms with van der Waals surface area (Å²) in [5.41, 5.74) is 6.79. The Morgan fingerprint density at radius 1 is 0.969 bits per heavy atom. The van der Waals surface area contributed by atoms with Crippen molar-refractivity contribution in [3.8, 4) is 11.5 Å². The van der Waals surface area contributed by atoms with Crippen LogP contribution in [0.3, 0.4) is 0 Å². The van der Waals surface area contributed by atoms with Crippen LogP contribution in [0.25, 0.3) is 10.9 Å². The Morgan fingerprint density at radius 3 is 2.16 bits per heavy atom. The number of sulfonamides is 1. The van der Waals surface area contributed by atoms with E-state index in [2.05, 4.69) is 9.97 Å². The highest BCUT2D eigenvalue weighted by atomic mass is 35.5. The van der Waals surface area contributed by atoms with E-state index in [0.29, 0.717) is 65.4 Å². The van der Waals surface area contributed by atoms with Crippen LogP contribution in [0, 0.1) is 0 Å². The van der Waals surface area contributed by atoms with Crippen LogP contribution in [-0.2, 0) is 10.0 Å². The molecule has 0 aliphatic carbocycles. The Bertz CT molecular complexity index is 1220. The summed E-state index contributed by atoms with van der Waals surface area (Å²) >= 11 is 5.87. The van der Waals surface area contributed by atoms with Crippen molar-refractivity contribution in [1.29, 1.82) is 0 Å². The number of aromatic nitrogens is 2. The van der Waals surface area contributed by atoms with Crippen LogP contribution < -0.4 is 20.1 Å². The number of nitrogen functional groups attached to an aromatic ring is 1. The first-order chi connectivity index (χ1) is 14.8. The van der Waals surface area contributed by atoms with E-state index in [9.17, 15) is 8.42 Å². The van der Waals surface area contributed by atoms with Crippen molar-refractivity contribution in [1.82, 2.24) is 14.3 Å². The van der Waals surface area contributed by atoms with Crippen molar-refractivity contribution >= 4 is 56.7 Å². The maximum atomic E-state index is 12.9. The average Bonchev–Trinajstić information content (AvgIpc) is 2.78. The number of halogens is 2. The number of nitrogens with two attached hydrogens (primary N) is 1. The molecule has 1 saturated heterocycles. The first kappa shape index (κ1) is 24.1. The molecule has 2 heterocycles. The highest BCUT2D eigenvalue weighted by Crippen LogP contribution is 2.34. The second-order valence-corrected chi connectivity index (χ2v) is 9.35. The molecule has 3 aromatic rings. The molecule has 172 valence electrons. The van der Waals surface area contributed by atoms with Gasteiger partial charge in [-0.25, -0.2) is 13.4 Å². The number of anilines is 2. The van der Waals surface area contributed by atoms with Crippen LogP contribution in [0.1, 0.15) is 0 Å². The maximum Gasteiger partial charge on any atom is 0.243 e. The number of hydrogen-bond acceptors (Lipinski definition) is 8. The number of piperazine rings is 1. The molecule has 1 aliphatic rings. The second kappa shape index (κ2) is 9.53. The number of ether oxygens (including phenoxy) is 2. The number of nitrogens with zero attached hydrogens (tertiary/aromatic N) is 4. The summed E-state index contributed by atoms with van der Waals surface area (Å²) < 4.78 is 37.9. The van der Waals surface area contributed by atoms with Crippen LogP contribution in [0.4, 0.5) is 11.8 Å². The van der Waals surface area contributed by atoms with Gasteiger partial charge in [0.05, 0.1) is 24.6 Å². The molecule has 0 bridgehead atoms. The van der Waals surface area contributed by atoms with Gasteiger partial charge < -0.3 is 20.1 Å². The van der Waals surface area contributed by atoms with Gasteiger partial charge in [-0.15, -0.1) is 12.4 Å². The maximum absolute atomic E-state index is 12.9. The normalized spacial score (nSPS) is 14.8. The summed E-state index contributed by atoms with van der Waals surface area (Å²) in [6.45, 7) is 1.48. The minimum atomic E-state index is -3.59. The van der Waals surface area contributed by atoms with Gasteiger partial charge in [0, 0.05) is 42.7 Å². The zero-order valence-electron chi connectivity index (χ0n) is 17.5. The standard InChI is InChI=1S/C20H22ClN5O4S.ClH/c1-29-17-11-15-16(12-18(17)30-2)23-20(24-19(15)22)25-7-9-26(10-8-25)31(27,28)14-5-3-13(21)4-6-14;/h3-6,11-12H,7-10H2,1-2H3,(H2,22,23,24);1H. The summed E-state index contributed by atoms with van der Waals surface area (Å²) in [6.07, 6.45) is 0. The van der Waals surface area contributed by atoms with E-state index in [1.54, 1.807) is 38.5 Å². The molecule has 4 rings (SSSR count). The molecule has 2 aromatic carbocycles. The number of benzene rings is 2. The second-order valence-electron chi connectivity index (χ2n) is 6.98. The molecule has 32 heavy (non-hydrogen) atoms. The van der Waals surface area contributed by atoms with E-state index in [1.165, 1.54) is 16.4 Å². The number of hydrogen-bond donors (Lipinski definition) is 1. The van der Waals surface area contributed by atoms with Crippen molar-refractivity contribution < 1.29 is 17.9 Å². The van der Waals surface area contributed by atoms with Gasteiger partial charge in [-0.3, -0.25) is 0 Å². The van der Waals surface area contributed by atoms with Crippen molar-refractivity contribution in [3.63, 3.8) is 0 Å². The Hall–Kier alpha value is -2.53. The minimum absolute atomic E-state index is 0. The zero-order chi connectivity index (χ0) is 22.2. The summed E-state index contributed by atoms with van der Waals surface area (Å²) in [6, 6.07) is 9.65. The van der Waals surface area contributed by atoms with Crippen molar-refractivity contribution in [3.05, 3.63) is 41.4 Å². The predicted molar refractivity (Wildman–Crippen MR) is 127 cm³/mol. The molecular formula is C20H23Cl2N5O4S. The van der Waals surface area contributed by atoms with Crippen LogP contribution in [-0.4, -0.2) is 63.1 Å². The van der Waals surface area contributed by atoms with Crippen molar-refractivity contribution in [2.24, 2.45) is 0 Å². The SMILES string of the molecule is COc1cc2nc(N3CCN(S(=O)(=O)c4ccc(Cl)cc4)CC3)nc(N)c2cc1OC.Cl. The van der Waals surface area contributed by atoms with E-state index < -0.39 is 10.0 Å². The highest BCUT2D eigenvalue weighted by Gasteiger charge is 2.29. The van der Waals surface area contributed by atoms with Gasteiger partial charge >= 0.3 is 0 Å². The fourth-order valence-corrected chi connectivity index (χ4v) is 5.04. The lowest BCUT2D eigenvalue weighted by molar-refractivity contribution is 0.356. The quantitative estimate of drug-likeness (QED) is 0.570. The van der Waals surface area contributed by atoms with Gasteiger partial charge in [0.25, 0.3) is 0 Å². The number of rotatable bonds is 5. The lowest BCUT2D eigenvalue weighted by Crippen LogP contribution is -2.49. The fourth-order valence-electron chi connectivity index (χ4n) is 3.49. The molecular weight excluding hydrogens is 477 g/mol. The molecule has 1 aromatic heterocycles. The molecule has 0 unspecified atom stereocenters. The molecule has 0 spiro atoms. The van der Waals surface area contributed by atoms with Gasteiger partial charge in [0.15, 0.2) is 11.5 Å². The molecule has 0 atom stereocenters. The van der Waals surface area contributed by atoms with Crippen molar-refractivity contribution in [2.45, 2.75) is 4.90 Å². The number of methoxy groups -OCH3 is 2. The first-order valence-electron chi connectivity index (χ1n) is 9.53. The number of fused-ring (bicyclic) bond motifs is 1. The van der Waals surface area contributed by atoms with Gasteiger partial charge in [0.1, 0.15) is 5.82 Å². The predicted octanol–water partition coefficient (Wildman–Crippen LogP) is 2.82. The monoisotopic (exact) mass is 499 g/mol. The molecule has 1 fully saturated rings. The van der Waals surface area contributed by atoms with E-state index >= 15 is 0 Å². The summed E-state index contributed by atoms with van der Waals surface area (Å²) in [5, 5.41) is 1.15. The third-order valence-electron chi connectivity index (χ3n) is 5.19. The van der Waals surface area contributed by atoms with Gasteiger partial charge in [0.2, 0.25) is 16.0 Å². The topological polar surface area (TPSA) is 111 Å². The van der Waals surface area contributed by atoms with E-state index in [4.69, 9.17) is 26.8 Å². The van der Waals surface area contributed by atoms with Crippen molar-refractivity contribution in [2.75, 3.05) is 51.0 Å². The average molecular weight is 500 g/mol. The Balaban J connectivity index is 0.00000289. The lowest BCUT2D eigenvalue weighted by Gasteiger charge is -2.34. The summed E-state index contributed by atoms with van der Waals surface area (Å²) in [7, 11) is -0.492. The van der Waals surface area contributed by atoms with Crippen LogP contribution in [0.2, 0.25) is 5.02 Å². The van der Waals surface area contributed by atoms with Crippen LogP contribution in [0.5, 0.6) is 11.5 Å². The Kier molecular flexibility index (Phi) is 7.19. The summed E-state index contributed by atoms with van der Waals surface area (Å²) in [5.74, 6) is 1.84. The summed E-state index contributed by atoms with van der Waals surface area (Å²) in [4.78, 5) is 11.2. The third-order valence-corrected chi connectivity index (χ3v) is 7.36. The van der Waals surface area contributed by atoms with Gasteiger partial charge in [-0.1, -0.05) is 11.6 Å². The molecule has 2 N–H and O–H groups in total. The largest absolute Gasteiger partial charge is 0.493 e. The Labute approximate surface area is 197 Å². The fraction of sp³-hybridized carbons (Fsp3) is 0.300. The van der Waals surface area contributed by atoms with Crippen LogP contribution >= 0.6 is 24.0 Å². The van der Waals surface area contributed by atoms with E-state index in [0.717, 1.165) is 0 Å². The third kappa shape index (κ3) is 4.49. The van der Waals surface area contributed by atoms with Gasteiger partial charge in [-0.05, 0) is 30.3 Å². The molecule has 12 heteroatoms. The highest BCUT2D eigenvalue weighted by molar-refractivity contribution is 7.89. The Morgan fingerprint density at radius 2 is 1.56 bits per heavy atom. The molecule has 9 nitrogen and oxygen atoms in total.